The summed E-state index contributed by atoms with van der Waals surface area (Å²) in [6.07, 6.45) is 0. The number of carbonyl (C=O) groups is 1. The standard InChI is InChI=1S/C22H21NO3/c24-22(25)20-11-9-17(10-12-20)14-23-15-19-7-4-8-21(13-19)26-16-18-5-2-1-3-6-18/h1-13,23H,14-16H2,(H,24,25). The minimum absolute atomic E-state index is 0.303. The molecular formula is C22H21NO3. The lowest BCUT2D eigenvalue weighted by Gasteiger charge is -2.09. The van der Waals surface area contributed by atoms with Gasteiger partial charge in [-0.25, -0.2) is 4.79 Å². The largest absolute Gasteiger partial charge is 0.489 e. The molecule has 3 aromatic carbocycles. The Bertz CT molecular complexity index is 845. The quantitative estimate of drug-likeness (QED) is 0.639. The summed E-state index contributed by atoms with van der Waals surface area (Å²) < 4.78 is 5.85. The van der Waals surface area contributed by atoms with Crippen molar-refractivity contribution in [3.05, 3.63) is 101 Å². The molecule has 0 saturated carbocycles. The molecular weight excluding hydrogens is 326 g/mol. The van der Waals surface area contributed by atoms with Crippen molar-refractivity contribution in [3.8, 4) is 5.75 Å². The first-order valence-electron chi connectivity index (χ1n) is 8.49. The Kier molecular flexibility index (Phi) is 6.01. The van der Waals surface area contributed by atoms with Crippen LogP contribution in [-0.4, -0.2) is 11.1 Å². The van der Waals surface area contributed by atoms with Gasteiger partial charge in [0.05, 0.1) is 5.56 Å². The van der Waals surface area contributed by atoms with Crippen LogP contribution in [0.3, 0.4) is 0 Å². The van der Waals surface area contributed by atoms with Gasteiger partial charge in [0, 0.05) is 13.1 Å². The van der Waals surface area contributed by atoms with E-state index in [2.05, 4.69) is 11.4 Å². The maximum absolute atomic E-state index is 10.9. The number of nitrogens with one attached hydrogen (secondary N) is 1. The number of hydrogen-bond acceptors (Lipinski definition) is 3. The molecule has 0 aliphatic carbocycles. The first-order chi connectivity index (χ1) is 12.7. The fraction of sp³-hybridized carbons (Fsp3) is 0.136. The van der Waals surface area contributed by atoms with Crippen molar-refractivity contribution in [1.29, 1.82) is 0 Å². The second kappa shape index (κ2) is 8.83. The smallest absolute Gasteiger partial charge is 0.335 e. The summed E-state index contributed by atoms with van der Waals surface area (Å²) in [4.78, 5) is 10.9. The number of ether oxygens (including phenoxy) is 1. The predicted octanol–water partition coefficient (Wildman–Crippen LogP) is 4.25. The molecule has 0 fully saturated rings. The molecule has 3 rings (SSSR count). The molecule has 3 aromatic rings. The van der Waals surface area contributed by atoms with E-state index in [0.717, 1.165) is 22.4 Å². The molecule has 2 N–H and O–H groups in total. The van der Waals surface area contributed by atoms with Crippen molar-refractivity contribution in [2.24, 2.45) is 0 Å². The molecule has 0 aliphatic heterocycles. The highest BCUT2D eigenvalue weighted by molar-refractivity contribution is 5.87. The molecule has 26 heavy (non-hydrogen) atoms. The van der Waals surface area contributed by atoms with Crippen LogP contribution in [0.4, 0.5) is 0 Å². The van der Waals surface area contributed by atoms with Crippen molar-refractivity contribution in [3.63, 3.8) is 0 Å². The second-order valence-corrected chi connectivity index (χ2v) is 6.03. The molecule has 0 atom stereocenters. The average Bonchev–Trinajstić information content (AvgIpc) is 2.68. The van der Waals surface area contributed by atoms with Crippen LogP contribution >= 0.6 is 0 Å². The van der Waals surface area contributed by atoms with Gasteiger partial charge in [0.25, 0.3) is 0 Å². The van der Waals surface area contributed by atoms with Gasteiger partial charge >= 0.3 is 5.97 Å². The summed E-state index contributed by atoms with van der Waals surface area (Å²) in [5, 5.41) is 12.3. The minimum Gasteiger partial charge on any atom is -0.489 e. The Hall–Kier alpha value is -3.11. The van der Waals surface area contributed by atoms with E-state index in [1.165, 1.54) is 0 Å². The Balaban J connectivity index is 1.49. The van der Waals surface area contributed by atoms with Crippen LogP contribution in [0.5, 0.6) is 5.75 Å². The van der Waals surface area contributed by atoms with E-state index in [1.807, 2.05) is 60.7 Å². The van der Waals surface area contributed by atoms with Crippen LogP contribution in [0.15, 0.2) is 78.9 Å². The van der Waals surface area contributed by atoms with Crippen molar-refractivity contribution < 1.29 is 14.6 Å². The van der Waals surface area contributed by atoms with Gasteiger partial charge in [0.2, 0.25) is 0 Å². The lowest BCUT2D eigenvalue weighted by molar-refractivity contribution is 0.0697. The van der Waals surface area contributed by atoms with Gasteiger partial charge < -0.3 is 15.2 Å². The number of hydrogen-bond donors (Lipinski definition) is 2. The van der Waals surface area contributed by atoms with Gasteiger partial charge in [-0.05, 0) is 41.0 Å². The third-order valence-electron chi connectivity index (χ3n) is 4.01. The normalized spacial score (nSPS) is 10.5. The van der Waals surface area contributed by atoms with Crippen molar-refractivity contribution in [2.45, 2.75) is 19.7 Å². The molecule has 0 spiro atoms. The maximum Gasteiger partial charge on any atom is 0.335 e. The Labute approximate surface area is 153 Å². The molecule has 0 radical (unpaired) electrons. The summed E-state index contributed by atoms with van der Waals surface area (Å²) >= 11 is 0. The molecule has 0 amide bonds. The van der Waals surface area contributed by atoms with E-state index < -0.39 is 5.97 Å². The van der Waals surface area contributed by atoms with Crippen LogP contribution in [0.2, 0.25) is 0 Å². The van der Waals surface area contributed by atoms with E-state index >= 15 is 0 Å². The molecule has 0 unspecified atom stereocenters. The van der Waals surface area contributed by atoms with Crippen molar-refractivity contribution in [1.82, 2.24) is 5.32 Å². The SMILES string of the molecule is O=C(O)c1ccc(CNCc2cccc(OCc3ccccc3)c2)cc1. The van der Waals surface area contributed by atoms with Gasteiger partial charge in [-0.2, -0.15) is 0 Å². The highest BCUT2D eigenvalue weighted by Crippen LogP contribution is 2.15. The van der Waals surface area contributed by atoms with Gasteiger partial charge in [-0.15, -0.1) is 0 Å². The number of carboxylic acid groups (broad SMARTS) is 1. The third-order valence-corrected chi connectivity index (χ3v) is 4.01. The van der Waals surface area contributed by atoms with Gasteiger partial charge in [-0.1, -0.05) is 54.6 Å². The fourth-order valence-electron chi connectivity index (χ4n) is 2.60. The predicted molar refractivity (Wildman–Crippen MR) is 101 cm³/mol. The van der Waals surface area contributed by atoms with E-state index in [4.69, 9.17) is 9.84 Å². The Morgan fingerprint density at radius 2 is 1.50 bits per heavy atom. The number of carboxylic acids is 1. The molecule has 4 heteroatoms. The Morgan fingerprint density at radius 1 is 0.808 bits per heavy atom. The van der Waals surface area contributed by atoms with Crippen molar-refractivity contribution >= 4 is 5.97 Å². The van der Waals surface area contributed by atoms with E-state index in [0.29, 0.717) is 25.3 Å². The zero-order valence-corrected chi connectivity index (χ0v) is 14.4. The fourth-order valence-corrected chi connectivity index (χ4v) is 2.60. The monoisotopic (exact) mass is 347 g/mol. The summed E-state index contributed by atoms with van der Waals surface area (Å²) in [6.45, 7) is 1.94. The zero-order valence-electron chi connectivity index (χ0n) is 14.4. The van der Waals surface area contributed by atoms with Gasteiger partial charge in [0.1, 0.15) is 12.4 Å². The lowest BCUT2D eigenvalue weighted by atomic mass is 10.1. The summed E-state index contributed by atoms with van der Waals surface area (Å²) in [5.74, 6) is -0.0595. The molecule has 132 valence electrons. The molecule has 0 saturated heterocycles. The van der Waals surface area contributed by atoms with Crippen LogP contribution in [0.1, 0.15) is 27.0 Å². The van der Waals surface area contributed by atoms with Crippen molar-refractivity contribution in [2.75, 3.05) is 0 Å². The van der Waals surface area contributed by atoms with E-state index in [-0.39, 0.29) is 0 Å². The van der Waals surface area contributed by atoms with E-state index in [1.54, 1.807) is 12.1 Å². The molecule has 0 aromatic heterocycles. The van der Waals surface area contributed by atoms with Gasteiger partial charge in [-0.3, -0.25) is 0 Å². The minimum atomic E-state index is -0.906. The maximum atomic E-state index is 10.9. The molecule has 0 bridgehead atoms. The number of benzene rings is 3. The number of rotatable bonds is 8. The summed E-state index contributed by atoms with van der Waals surface area (Å²) in [5.41, 5.74) is 3.63. The van der Waals surface area contributed by atoms with Gasteiger partial charge in [0.15, 0.2) is 0 Å². The summed E-state index contributed by atoms with van der Waals surface area (Å²) in [7, 11) is 0. The number of aromatic carboxylic acids is 1. The molecule has 4 nitrogen and oxygen atoms in total. The first kappa shape index (κ1) is 17.7. The highest BCUT2D eigenvalue weighted by atomic mass is 16.5. The molecule has 0 heterocycles. The Morgan fingerprint density at radius 3 is 2.23 bits per heavy atom. The summed E-state index contributed by atoms with van der Waals surface area (Å²) in [6, 6.07) is 25.0. The third kappa shape index (κ3) is 5.19. The first-order valence-corrected chi connectivity index (χ1v) is 8.49. The highest BCUT2D eigenvalue weighted by Gasteiger charge is 2.02. The molecule has 0 aliphatic rings. The zero-order chi connectivity index (χ0) is 18.2. The van der Waals surface area contributed by atoms with Crippen LogP contribution in [-0.2, 0) is 19.7 Å². The van der Waals surface area contributed by atoms with Crippen LogP contribution in [0.25, 0.3) is 0 Å². The lowest BCUT2D eigenvalue weighted by Crippen LogP contribution is -2.12. The van der Waals surface area contributed by atoms with Crippen LogP contribution in [0, 0.1) is 0 Å². The van der Waals surface area contributed by atoms with Crippen LogP contribution < -0.4 is 10.1 Å². The van der Waals surface area contributed by atoms with E-state index in [9.17, 15) is 4.79 Å². The topological polar surface area (TPSA) is 58.6 Å². The average molecular weight is 347 g/mol. The second-order valence-electron chi connectivity index (χ2n) is 6.03.